The first kappa shape index (κ1) is 12.2. The smallest absolute Gasteiger partial charge is 0.126 e. The molecular formula is C17H17FO. The lowest BCUT2D eigenvalue weighted by atomic mass is 9.96. The molecule has 2 heteroatoms. The van der Waals surface area contributed by atoms with Gasteiger partial charge in [-0.2, -0.15) is 0 Å². The third-order valence-corrected chi connectivity index (χ3v) is 3.84. The first-order chi connectivity index (χ1) is 9.26. The Kier molecular flexibility index (Phi) is 3.24. The molecule has 6 rings (SSSR count). The molecule has 2 aromatic rings. The van der Waals surface area contributed by atoms with Gasteiger partial charge in [0.25, 0.3) is 0 Å². The highest BCUT2D eigenvalue weighted by Gasteiger charge is 2.12. The molecule has 0 saturated carbocycles. The molecule has 98 valence electrons. The van der Waals surface area contributed by atoms with Crippen LogP contribution in [0.2, 0.25) is 0 Å². The van der Waals surface area contributed by atoms with E-state index in [2.05, 4.69) is 24.3 Å². The SMILES string of the molecule is COc1cc2c(F)cc1CCc1ccc(cc1)CC2. The molecule has 0 amide bonds. The Labute approximate surface area is 113 Å². The van der Waals surface area contributed by atoms with E-state index in [1.54, 1.807) is 13.2 Å². The molecule has 0 atom stereocenters. The molecule has 0 spiro atoms. The van der Waals surface area contributed by atoms with Crippen molar-refractivity contribution in [2.24, 2.45) is 0 Å². The minimum absolute atomic E-state index is 0.106. The van der Waals surface area contributed by atoms with E-state index in [1.807, 2.05) is 6.07 Å². The van der Waals surface area contributed by atoms with Crippen molar-refractivity contribution in [3.05, 3.63) is 64.5 Å². The van der Waals surface area contributed by atoms with Crippen LogP contribution in [0.25, 0.3) is 0 Å². The van der Waals surface area contributed by atoms with Crippen LogP contribution < -0.4 is 4.74 Å². The fourth-order valence-electron chi connectivity index (χ4n) is 2.64. The first-order valence-electron chi connectivity index (χ1n) is 6.69. The summed E-state index contributed by atoms with van der Waals surface area (Å²) in [5, 5.41) is 0. The fraction of sp³-hybridized carbons (Fsp3) is 0.294. The fourth-order valence-corrected chi connectivity index (χ4v) is 2.64. The van der Waals surface area contributed by atoms with E-state index in [0.29, 0.717) is 6.42 Å². The second-order valence-electron chi connectivity index (χ2n) is 5.07. The van der Waals surface area contributed by atoms with E-state index in [4.69, 9.17) is 4.74 Å². The van der Waals surface area contributed by atoms with Crippen molar-refractivity contribution in [2.45, 2.75) is 25.7 Å². The van der Waals surface area contributed by atoms with Crippen LogP contribution in [-0.2, 0) is 25.7 Å². The van der Waals surface area contributed by atoms with Crippen LogP contribution in [0.4, 0.5) is 4.39 Å². The molecule has 0 heterocycles. The van der Waals surface area contributed by atoms with Crippen LogP contribution in [0.15, 0.2) is 36.4 Å². The second kappa shape index (κ2) is 5.04. The van der Waals surface area contributed by atoms with Crippen molar-refractivity contribution < 1.29 is 9.13 Å². The van der Waals surface area contributed by atoms with Crippen LogP contribution in [0.3, 0.4) is 0 Å². The highest BCUT2D eigenvalue weighted by Crippen LogP contribution is 2.26. The number of aryl methyl sites for hydroxylation is 4. The van der Waals surface area contributed by atoms with Crippen LogP contribution in [-0.4, -0.2) is 7.11 Å². The predicted octanol–water partition coefficient (Wildman–Crippen LogP) is 3.72. The quantitative estimate of drug-likeness (QED) is 0.755. The molecule has 4 bridgehead atoms. The summed E-state index contributed by atoms with van der Waals surface area (Å²) in [6.07, 6.45) is 3.29. The van der Waals surface area contributed by atoms with Gasteiger partial charge >= 0.3 is 0 Å². The largest absolute Gasteiger partial charge is 0.496 e. The molecule has 4 aliphatic carbocycles. The Morgan fingerprint density at radius 3 is 2.00 bits per heavy atom. The predicted molar refractivity (Wildman–Crippen MR) is 74.2 cm³/mol. The highest BCUT2D eigenvalue weighted by atomic mass is 19.1. The van der Waals surface area contributed by atoms with Gasteiger partial charge in [-0.05, 0) is 60.1 Å². The first-order valence-corrected chi connectivity index (χ1v) is 6.69. The molecule has 19 heavy (non-hydrogen) atoms. The molecule has 2 aromatic carbocycles. The summed E-state index contributed by atoms with van der Waals surface area (Å²) in [7, 11) is 1.65. The van der Waals surface area contributed by atoms with Crippen molar-refractivity contribution in [3.8, 4) is 5.75 Å². The number of ether oxygens (including phenoxy) is 1. The molecule has 0 aliphatic heterocycles. The molecule has 0 unspecified atom stereocenters. The number of methoxy groups -OCH3 is 1. The van der Waals surface area contributed by atoms with Crippen molar-refractivity contribution in [3.63, 3.8) is 0 Å². The molecule has 0 saturated heterocycles. The third-order valence-electron chi connectivity index (χ3n) is 3.84. The van der Waals surface area contributed by atoms with E-state index >= 15 is 0 Å². The highest BCUT2D eigenvalue weighted by molar-refractivity contribution is 5.40. The minimum atomic E-state index is -0.106. The van der Waals surface area contributed by atoms with Gasteiger partial charge < -0.3 is 4.74 Å². The molecule has 0 fully saturated rings. The maximum absolute atomic E-state index is 14.1. The maximum atomic E-state index is 14.1. The summed E-state index contributed by atoms with van der Waals surface area (Å²) in [5.74, 6) is 0.706. The van der Waals surface area contributed by atoms with E-state index in [-0.39, 0.29) is 5.82 Å². The van der Waals surface area contributed by atoms with Crippen LogP contribution in [0.1, 0.15) is 22.3 Å². The Morgan fingerprint density at radius 1 is 0.842 bits per heavy atom. The van der Waals surface area contributed by atoms with Crippen molar-refractivity contribution >= 4 is 0 Å². The van der Waals surface area contributed by atoms with Crippen molar-refractivity contribution in [1.82, 2.24) is 0 Å². The molecule has 0 radical (unpaired) electrons. The molecule has 1 nitrogen and oxygen atoms in total. The topological polar surface area (TPSA) is 9.23 Å². The Hall–Kier alpha value is -1.83. The van der Waals surface area contributed by atoms with E-state index in [0.717, 1.165) is 36.1 Å². The summed E-state index contributed by atoms with van der Waals surface area (Å²) in [6, 6.07) is 12.1. The van der Waals surface area contributed by atoms with Crippen molar-refractivity contribution in [1.29, 1.82) is 0 Å². The average molecular weight is 256 g/mol. The second-order valence-corrected chi connectivity index (χ2v) is 5.07. The zero-order valence-corrected chi connectivity index (χ0v) is 11.1. The molecule has 4 aliphatic rings. The lowest BCUT2D eigenvalue weighted by molar-refractivity contribution is 0.407. The number of hydrogen-bond donors (Lipinski definition) is 0. The Balaban J connectivity index is 2.05. The van der Waals surface area contributed by atoms with Gasteiger partial charge in [0.05, 0.1) is 7.11 Å². The van der Waals surface area contributed by atoms with Crippen LogP contribution in [0, 0.1) is 5.82 Å². The van der Waals surface area contributed by atoms with Gasteiger partial charge in [0.1, 0.15) is 11.6 Å². The summed E-state index contributed by atoms with van der Waals surface area (Å²) in [4.78, 5) is 0. The van der Waals surface area contributed by atoms with Gasteiger partial charge in [-0.3, -0.25) is 0 Å². The monoisotopic (exact) mass is 256 g/mol. The molecular weight excluding hydrogens is 239 g/mol. The molecule has 0 N–H and O–H groups in total. The summed E-state index contributed by atoms with van der Waals surface area (Å²) in [5.41, 5.74) is 4.24. The number of benzene rings is 2. The Morgan fingerprint density at radius 2 is 1.42 bits per heavy atom. The lowest BCUT2D eigenvalue weighted by Gasteiger charge is -2.14. The lowest BCUT2D eigenvalue weighted by Crippen LogP contribution is -2.03. The number of hydrogen-bond acceptors (Lipinski definition) is 1. The zero-order valence-electron chi connectivity index (χ0n) is 11.1. The zero-order chi connectivity index (χ0) is 13.2. The number of rotatable bonds is 1. The summed E-state index contributed by atoms with van der Waals surface area (Å²) >= 11 is 0. The van der Waals surface area contributed by atoms with Gasteiger partial charge in [0.15, 0.2) is 0 Å². The van der Waals surface area contributed by atoms with Crippen LogP contribution in [0.5, 0.6) is 5.75 Å². The summed E-state index contributed by atoms with van der Waals surface area (Å²) < 4.78 is 19.5. The number of halogens is 1. The maximum Gasteiger partial charge on any atom is 0.126 e. The van der Waals surface area contributed by atoms with Gasteiger partial charge in [-0.15, -0.1) is 0 Å². The normalized spacial score (nSPS) is 14.0. The standard InChI is InChI=1S/C17H17FO/c1-19-17-11-14-8-6-12-2-4-13(5-3-12)7-9-15(17)10-16(14)18/h2-5,10-11H,6-9H2,1H3. The van der Waals surface area contributed by atoms with E-state index in [9.17, 15) is 4.39 Å². The van der Waals surface area contributed by atoms with Gasteiger partial charge in [0.2, 0.25) is 0 Å². The van der Waals surface area contributed by atoms with Crippen LogP contribution >= 0.6 is 0 Å². The summed E-state index contributed by atoms with van der Waals surface area (Å²) in [6.45, 7) is 0. The van der Waals surface area contributed by atoms with Crippen molar-refractivity contribution in [2.75, 3.05) is 7.11 Å². The molecule has 0 aromatic heterocycles. The van der Waals surface area contributed by atoms with Gasteiger partial charge in [-0.25, -0.2) is 4.39 Å². The Bertz CT molecular complexity index is 587. The van der Waals surface area contributed by atoms with Gasteiger partial charge in [0, 0.05) is 0 Å². The minimum Gasteiger partial charge on any atom is -0.496 e. The average Bonchev–Trinajstić information content (AvgIpc) is 2.43. The third kappa shape index (κ3) is 2.48. The van der Waals surface area contributed by atoms with E-state index in [1.165, 1.54) is 11.1 Å². The van der Waals surface area contributed by atoms with Gasteiger partial charge in [-0.1, -0.05) is 24.3 Å². The van der Waals surface area contributed by atoms with E-state index < -0.39 is 0 Å².